The van der Waals surface area contributed by atoms with Crippen molar-refractivity contribution in [2.24, 2.45) is 0 Å². The monoisotopic (exact) mass is 485 g/mol. The van der Waals surface area contributed by atoms with E-state index in [0.717, 1.165) is 5.56 Å². The molecule has 0 radical (unpaired) electrons. The lowest BCUT2D eigenvalue weighted by Crippen LogP contribution is -2.45. The van der Waals surface area contributed by atoms with Gasteiger partial charge in [0.15, 0.2) is 0 Å². The van der Waals surface area contributed by atoms with Crippen LogP contribution in [0.1, 0.15) is 34.5 Å². The summed E-state index contributed by atoms with van der Waals surface area (Å²) < 4.78 is 5.18. The van der Waals surface area contributed by atoms with Crippen molar-refractivity contribution in [3.8, 4) is 5.75 Å². The van der Waals surface area contributed by atoms with Crippen LogP contribution in [0, 0.1) is 6.92 Å². The Labute approximate surface area is 203 Å². The van der Waals surface area contributed by atoms with Crippen molar-refractivity contribution < 1.29 is 14.3 Å². The molecule has 0 bridgehead atoms. The highest BCUT2D eigenvalue weighted by atomic mass is 35.5. The lowest BCUT2D eigenvalue weighted by Gasteiger charge is -2.29. The Hall–Kier alpha value is -3.22. The van der Waals surface area contributed by atoms with Gasteiger partial charge in [0.05, 0.1) is 12.8 Å². The molecule has 33 heavy (non-hydrogen) atoms. The molecule has 0 spiro atoms. The predicted molar refractivity (Wildman–Crippen MR) is 132 cm³/mol. The number of nitrogens with one attached hydrogen (secondary N) is 2. The fraction of sp³-hybridized carbons (Fsp3) is 0.200. The van der Waals surface area contributed by atoms with Crippen molar-refractivity contribution in [2.45, 2.75) is 19.9 Å². The van der Waals surface area contributed by atoms with E-state index < -0.39 is 6.04 Å². The lowest BCUT2D eigenvalue weighted by molar-refractivity contribution is -0.131. The maximum Gasteiger partial charge on any atom is 0.268 e. The van der Waals surface area contributed by atoms with Gasteiger partial charge in [-0.2, -0.15) is 0 Å². The van der Waals surface area contributed by atoms with Gasteiger partial charge in [0.25, 0.3) is 11.8 Å². The number of hydrogen-bond acceptors (Lipinski definition) is 4. The molecule has 3 rings (SSSR count). The van der Waals surface area contributed by atoms with Crippen LogP contribution in [-0.4, -0.2) is 30.5 Å². The Morgan fingerprint density at radius 3 is 2.36 bits per heavy atom. The highest BCUT2D eigenvalue weighted by Crippen LogP contribution is 2.28. The number of likely N-dealkylation sites (N-methyl/N-ethyl adjacent to an activating group) is 1. The van der Waals surface area contributed by atoms with Crippen molar-refractivity contribution in [1.82, 2.24) is 10.3 Å². The molecule has 172 valence electrons. The number of amides is 2. The number of nitrogens with zero attached hydrogens (tertiary/aromatic N) is 1. The molecule has 1 unspecified atom stereocenters. The minimum absolute atomic E-state index is 0.283. The third-order valence-electron chi connectivity index (χ3n) is 5.01. The van der Waals surface area contributed by atoms with Gasteiger partial charge in [-0.3, -0.25) is 20.0 Å². The number of hydrogen-bond donors (Lipinski definition) is 2. The van der Waals surface area contributed by atoms with E-state index in [1.54, 1.807) is 67.8 Å². The molecule has 0 saturated heterocycles. The van der Waals surface area contributed by atoms with E-state index >= 15 is 0 Å². The van der Waals surface area contributed by atoms with Gasteiger partial charge in [-0.15, -0.1) is 0 Å². The van der Waals surface area contributed by atoms with Crippen LogP contribution < -0.4 is 15.5 Å². The Morgan fingerprint density at radius 2 is 1.76 bits per heavy atom. The van der Waals surface area contributed by atoms with Crippen LogP contribution in [0.25, 0.3) is 0 Å². The molecule has 2 N–H and O–H groups in total. The van der Waals surface area contributed by atoms with Gasteiger partial charge < -0.3 is 10.1 Å². The molecule has 0 aliphatic rings. The van der Waals surface area contributed by atoms with E-state index in [1.807, 2.05) is 19.9 Å². The summed E-state index contributed by atoms with van der Waals surface area (Å²) in [7, 11) is 1.58. The average Bonchev–Trinajstić information content (AvgIpc) is 2.81. The van der Waals surface area contributed by atoms with Crippen LogP contribution in [-0.2, 0) is 4.79 Å². The van der Waals surface area contributed by atoms with Crippen LogP contribution in [0.2, 0.25) is 10.0 Å². The molecule has 2 amide bonds. The molecule has 1 atom stereocenters. The van der Waals surface area contributed by atoms with Gasteiger partial charge in [0.2, 0.25) is 0 Å². The molecule has 0 saturated carbocycles. The van der Waals surface area contributed by atoms with Crippen LogP contribution in [0.5, 0.6) is 5.75 Å². The topological polar surface area (TPSA) is 70.7 Å². The van der Waals surface area contributed by atoms with E-state index in [4.69, 9.17) is 27.9 Å². The van der Waals surface area contributed by atoms with E-state index in [9.17, 15) is 9.59 Å². The normalized spacial score (nSPS) is 11.4. The number of ether oxygens (including phenoxy) is 1. The van der Waals surface area contributed by atoms with E-state index in [-0.39, 0.29) is 16.8 Å². The summed E-state index contributed by atoms with van der Waals surface area (Å²) >= 11 is 12.5. The molecule has 3 aromatic rings. The van der Waals surface area contributed by atoms with Crippen molar-refractivity contribution in [3.63, 3.8) is 0 Å². The third kappa shape index (κ3) is 6.18. The zero-order chi connectivity index (χ0) is 24.0. The van der Waals surface area contributed by atoms with Gasteiger partial charge >= 0.3 is 0 Å². The summed E-state index contributed by atoms with van der Waals surface area (Å²) in [6.45, 7) is 4.07. The lowest BCUT2D eigenvalue weighted by atomic mass is 10.0. The van der Waals surface area contributed by atoms with Crippen LogP contribution in [0.4, 0.5) is 5.69 Å². The van der Waals surface area contributed by atoms with Crippen LogP contribution >= 0.6 is 23.2 Å². The molecule has 0 aliphatic carbocycles. The van der Waals surface area contributed by atoms with Gasteiger partial charge in [-0.05, 0) is 62.4 Å². The smallest absolute Gasteiger partial charge is 0.268 e. The first-order chi connectivity index (χ1) is 15.8. The molecule has 3 aromatic carbocycles. The van der Waals surface area contributed by atoms with Crippen molar-refractivity contribution in [3.05, 3.63) is 93.5 Å². The Kier molecular flexibility index (Phi) is 8.20. The summed E-state index contributed by atoms with van der Waals surface area (Å²) in [5.41, 5.74) is 5.61. The number of benzene rings is 3. The molecular formula is C25H25Cl2N3O3. The Bertz CT molecular complexity index is 1140. The number of carbonyl (C=O) groups is 2. The second kappa shape index (κ2) is 11.1. The fourth-order valence-corrected chi connectivity index (χ4v) is 3.79. The van der Waals surface area contributed by atoms with Crippen LogP contribution in [0.3, 0.4) is 0 Å². The largest absolute Gasteiger partial charge is 0.497 e. The third-order valence-corrected chi connectivity index (χ3v) is 5.57. The first kappa shape index (κ1) is 24.4. The van der Waals surface area contributed by atoms with Crippen molar-refractivity contribution in [1.29, 1.82) is 0 Å². The molecular weight excluding hydrogens is 461 g/mol. The highest BCUT2D eigenvalue weighted by molar-refractivity contribution is 6.35. The molecule has 0 aromatic heterocycles. The van der Waals surface area contributed by atoms with E-state index in [1.165, 1.54) is 5.01 Å². The number of hydrazine groups is 1. The Balaban J connectivity index is 1.92. The van der Waals surface area contributed by atoms with Gasteiger partial charge in [0.1, 0.15) is 11.8 Å². The van der Waals surface area contributed by atoms with Crippen LogP contribution in [0.15, 0.2) is 66.7 Å². The number of halogens is 2. The summed E-state index contributed by atoms with van der Waals surface area (Å²) in [5.74, 6) is -0.0618. The summed E-state index contributed by atoms with van der Waals surface area (Å²) in [4.78, 5) is 26.6. The summed E-state index contributed by atoms with van der Waals surface area (Å²) in [6, 6.07) is 18.1. The van der Waals surface area contributed by atoms with Crippen molar-refractivity contribution >= 4 is 40.7 Å². The minimum atomic E-state index is -1.03. The first-order valence-corrected chi connectivity index (χ1v) is 11.1. The minimum Gasteiger partial charge on any atom is -0.497 e. The second-order valence-corrected chi connectivity index (χ2v) is 8.21. The SMILES string of the molecule is CCN(Nc1ccc(OC)cc1)C(=O)C(NC(=O)c1cccc(C)c1)c1ccc(Cl)cc1Cl. The number of aryl methyl sites for hydroxylation is 1. The average molecular weight is 486 g/mol. The predicted octanol–water partition coefficient (Wildman–Crippen LogP) is 5.66. The summed E-state index contributed by atoms with van der Waals surface area (Å²) in [5, 5.41) is 4.98. The second-order valence-electron chi connectivity index (χ2n) is 7.36. The summed E-state index contributed by atoms with van der Waals surface area (Å²) in [6.07, 6.45) is 0. The molecule has 6 nitrogen and oxygen atoms in total. The zero-order valence-electron chi connectivity index (χ0n) is 18.6. The standard InChI is InChI=1S/C25H25Cl2N3O3/c1-4-30(29-19-9-11-20(33-3)12-10-19)25(32)23(21-13-8-18(26)15-22(21)27)28-24(31)17-7-5-6-16(2)14-17/h5-15,23,29H,4H2,1-3H3,(H,28,31). The van der Waals surface area contributed by atoms with Crippen molar-refractivity contribution in [2.75, 3.05) is 19.1 Å². The maximum absolute atomic E-state index is 13.6. The molecule has 0 aliphatic heterocycles. The first-order valence-electron chi connectivity index (χ1n) is 10.4. The Morgan fingerprint density at radius 1 is 1.03 bits per heavy atom. The molecule has 8 heteroatoms. The number of methoxy groups -OCH3 is 1. The number of anilines is 1. The number of rotatable bonds is 8. The van der Waals surface area contributed by atoms with E-state index in [0.29, 0.717) is 34.1 Å². The maximum atomic E-state index is 13.6. The quantitative estimate of drug-likeness (QED) is 0.404. The van der Waals surface area contributed by atoms with Gasteiger partial charge in [0, 0.05) is 27.7 Å². The van der Waals surface area contributed by atoms with E-state index in [2.05, 4.69) is 10.7 Å². The molecule has 0 fully saturated rings. The highest BCUT2D eigenvalue weighted by Gasteiger charge is 2.29. The van der Waals surface area contributed by atoms with Gasteiger partial charge in [-0.1, -0.05) is 47.0 Å². The molecule has 0 heterocycles. The fourth-order valence-electron chi connectivity index (χ4n) is 3.28. The zero-order valence-corrected chi connectivity index (χ0v) is 20.1. The number of carbonyl (C=O) groups excluding carboxylic acids is 2. The van der Waals surface area contributed by atoms with Gasteiger partial charge in [-0.25, -0.2) is 0 Å².